The minimum absolute atomic E-state index is 0. The van der Waals surface area contributed by atoms with Gasteiger partial charge in [-0.3, -0.25) is 0 Å². The summed E-state index contributed by atoms with van der Waals surface area (Å²) in [4.78, 5) is 10.3. The smallest absolute Gasteiger partial charge is 0.550 e. The van der Waals surface area contributed by atoms with Gasteiger partial charge in [-0.05, 0) is 31.1 Å². The number of carbonyl (C=O) groups excluding carboxylic acids is 1. The van der Waals surface area contributed by atoms with Gasteiger partial charge in [-0.2, -0.15) is 0 Å². The zero-order chi connectivity index (χ0) is 10.4. The first-order valence-corrected chi connectivity index (χ1v) is 5.92. The molecule has 0 aliphatic heterocycles. The molecule has 0 aromatic rings. The van der Waals surface area contributed by atoms with Crippen LogP contribution in [0.2, 0.25) is 0 Å². The molecular formula is C12H21NaO2. The van der Waals surface area contributed by atoms with Crippen molar-refractivity contribution in [1.82, 2.24) is 0 Å². The zero-order valence-electron chi connectivity index (χ0n) is 10.1. The maximum atomic E-state index is 10.3. The fourth-order valence-electron chi connectivity index (χ4n) is 2.52. The Hall–Kier alpha value is 0.470. The Bertz CT molecular complexity index is 182. The van der Waals surface area contributed by atoms with Crippen LogP contribution in [0.15, 0.2) is 0 Å². The minimum atomic E-state index is -0.887. The molecule has 0 amide bonds. The van der Waals surface area contributed by atoms with Crippen LogP contribution in [0.1, 0.15) is 58.3 Å². The second kappa shape index (κ2) is 8.60. The summed E-state index contributed by atoms with van der Waals surface area (Å²) in [6.07, 6.45) is 8.86. The topological polar surface area (TPSA) is 40.1 Å². The molecule has 82 valence electrons. The Balaban J connectivity index is 0.00000196. The Morgan fingerprint density at radius 2 is 1.87 bits per heavy atom. The van der Waals surface area contributed by atoms with Gasteiger partial charge in [-0.15, -0.1) is 0 Å². The van der Waals surface area contributed by atoms with Crippen LogP contribution in [0, 0.1) is 11.8 Å². The number of carboxylic acids is 1. The molecule has 0 spiro atoms. The third kappa shape index (κ3) is 6.60. The standard InChI is InChI=1S/C12H22O2.Na/c1-2-3-4-10-5-6-11(9-10)7-8-12(13)14;/h10-11H,2-9H2,1H3,(H,13,14);/q;+1/p-1. The van der Waals surface area contributed by atoms with E-state index in [1.165, 1.54) is 38.5 Å². The van der Waals surface area contributed by atoms with Crippen LogP contribution >= 0.6 is 0 Å². The Labute approximate surface area is 115 Å². The van der Waals surface area contributed by atoms with Crippen LogP contribution in [0.25, 0.3) is 0 Å². The molecule has 0 heterocycles. The molecule has 0 saturated heterocycles. The van der Waals surface area contributed by atoms with E-state index in [2.05, 4.69) is 6.92 Å². The second-order valence-corrected chi connectivity index (χ2v) is 4.60. The molecule has 0 radical (unpaired) electrons. The summed E-state index contributed by atoms with van der Waals surface area (Å²) in [5.74, 6) is 0.651. The number of aliphatic carboxylic acids is 1. The van der Waals surface area contributed by atoms with E-state index in [-0.39, 0.29) is 36.0 Å². The first-order valence-electron chi connectivity index (χ1n) is 5.92. The third-order valence-electron chi connectivity index (χ3n) is 3.37. The predicted molar refractivity (Wildman–Crippen MR) is 54.6 cm³/mol. The van der Waals surface area contributed by atoms with Crippen LogP contribution in [0.5, 0.6) is 0 Å². The summed E-state index contributed by atoms with van der Waals surface area (Å²) in [6, 6.07) is 0. The summed E-state index contributed by atoms with van der Waals surface area (Å²) in [5.41, 5.74) is 0. The van der Waals surface area contributed by atoms with Crippen molar-refractivity contribution in [2.24, 2.45) is 11.8 Å². The molecule has 0 aromatic heterocycles. The molecular weight excluding hydrogens is 199 g/mol. The predicted octanol–water partition coefficient (Wildman–Crippen LogP) is -0.873. The fraction of sp³-hybridized carbons (Fsp3) is 0.917. The Kier molecular flexibility index (Phi) is 8.87. The normalized spacial score (nSPS) is 24.9. The molecule has 2 atom stereocenters. The van der Waals surface area contributed by atoms with Crippen molar-refractivity contribution in [2.75, 3.05) is 0 Å². The van der Waals surface area contributed by atoms with Gasteiger partial charge in [0.2, 0.25) is 0 Å². The van der Waals surface area contributed by atoms with E-state index in [1.807, 2.05) is 0 Å². The molecule has 3 heteroatoms. The summed E-state index contributed by atoms with van der Waals surface area (Å²) >= 11 is 0. The van der Waals surface area contributed by atoms with Crippen molar-refractivity contribution in [3.05, 3.63) is 0 Å². The molecule has 1 aliphatic carbocycles. The number of hydrogen-bond acceptors (Lipinski definition) is 2. The van der Waals surface area contributed by atoms with Gasteiger partial charge in [0.05, 0.1) is 0 Å². The molecule has 1 rings (SSSR count). The van der Waals surface area contributed by atoms with E-state index in [1.54, 1.807) is 0 Å². The Morgan fingerprint density at radius 1 is 1.27 bits per heavy atom. The summed E-state index contributed by atoms with van der Waals surface area (Å²) in [7, 11) is 0. The molecule has 0 N–H and O–H groups in total. The van der Waals surface area contributed by atoms with Crippen LogP contribution < -0.4 is 34.7 Å². The SMILES string of the molecule is CCCCC1CCC(CCC(=O)[O-])C1.[Na+]. The molecule has 0 bridgehead atoms. The Morgan fingerprint density at radius 3 is 2.40 bits per heavy atom. The quantitative estimate of drug-likeness (QED) is 0.546. The zero-order valence-corrected chi connectivity index (χ0v) is 12.1. The summed E-state index contributed by atoms with van der Waals surface area (Å²) in [6.45, 7) is 2.22. The average molecular weight is 220 g/mol. The van der Waals surface area contributed by atoms with Crippen molar-refractivity contribution in [2.45, 2.75) is 58.3 Å². The van der Waals surface area contributed by atoms with Crippen LogP contribution in [0.4, 0.5) is 0 Å². The first-order chi connectivity index (χ1) is 6.72. The second-order valence-electron chi connectivity index (χ2n) is 4.60. The molecule has 15 heavy (non-hydrogen) atoms. The van der Waals surface area contributed by atoms with E-state index < -0.39 is 5.97 Å². The van der Waals surface area contributed by atoms with Gasteiger partial charge in [0, 0.05) is 5.97 Å². The first kappa shape index (κ1) is 15.5. The van der Waals surface area contributed by atoms with Gasteiger partial charge in [-0.25, -0.2) is 0 Å². The van der Waals surface area contributed by atoms with Gasteiger partial charge < -0.3 is 9.90 Å². The van der Waals surface area contributed by atoms with Gasteiger partial charge in [0.1, 0.15) is 0 Å². The molecule has 0 aromatic carbocycles. The van der Waals surface area contributed by atoms with Crippen molar-refractivity contribution >= 4 is 5.97 Å². The average Bonchev–Trinajstić information content (AvgIpc) is 2.59. The maximum absolute atomic E-state index is 10.3. The van der Waals surface area contributed by atoms with Gasteiger partial charge in [0.25, 0.3) is 0 Å². The van der Waals surface area contributed by atoms with Crippen LogP contribution in [-0.4, -0.2) is 5.97 Å². The fourth-order valence-corrected chi connectivity index (χ4v) is 2.52. The van der Waals surface area contributed by atoms with Crippen LogP contribution in [-0.2, 0) is 4.79 Å². The largest absolute Gasteiger partial charge is 1.00 e. The number of hydrogen-bond donors (Lipinski definition) is 0. The van der Waals surface area contributed by atoms with Gasteiger partial charge in [0.15, 0.2) is 0 Å². The van der Waals surface area contributed by atoms with Crippen molar-refractivity contribution in [1.29, 1.82) is 0 Å². The maximum Gasteiger partial charge on any atom is 1.00 e. The molecule has 2 unspecified atom stereocenters. The van der Waals surface area contributed by atoms with Gasteiger partial charge in [-0.1, -0.05) is 39.0 Å². The number of rotatable bonds is 6. The molecule has 1 fully saturated rings. The van der Waals surface area contributed by atoms with Crippen molar-refractivity contribution in [3.63, 3.8) is 0 Å². The molecule has 1 aliphatic rings. The monoisotopic (exact) mass is 220 g/mol. The number of carboxylic acid groups (broad SMARTS) is 1. The number of carbonyl (C=O) groups is 1. The van der Waals surface area contributed by atoms with E-state index in [9.17, 15) is 9.90 Å². The summed E-state index contributed by atoms with van der Waals surface area (Å²) in [5, 5.41) is 10.3. The van der Waals surface area contributed by atoms with Crippen LogP contribution in [0.3, 0.4) is 0 Å². The minimum Gasteiger partial charge on any atom is -0.550 e. The van der Waals surface area contributed by atoms with E-state index in [0.717, 1.165) is 12.3 Å². The molecule has 1 saturated carbocycles. The number of unbranched alkanes of at least 4 members (excludes halogenated alkanes) is 1. The van der Waals surface area contributed by atoms with E-state index in [4.69, 9.17) is 0 Å². The third-order valence-corrected chi connectivity index (χ3v) is 3.37. The molecule has 2 nitrogen and oxygen atoms in total. The van der Waals surface area contributed by atoms with Crippen molar-refractivity contribution in [3.8, 4) is 0 Å². The van der Waals surface area contributed by atoms with E-state index >= 15 is 0 Å². The van der Waals surface area contributed by atoms with E-state index in [0.29, 0.717) is 5.92 Å². The summed E-state index contributed by atoms with van der Waals surface area (Å²) < 4.78 is 0. The van der Waals surface area contributed by atoms with Crippen molar-refractivity contribution < 1.29 is 39.5 Å². The van der Waals surface area contributed by atoms with Gasteiger partial charge >= 0.3 is 29.6 Å².